The van der Waals surface area contributed by atoms with E-state index in [4.69, 9.17) is 4.98 Å². The number of fused-ring (bicyclic) bond motifs is 3. The van der Waals surface area contributed by atoms with E-state index in [2.05, 4.69) is 30.6 Å². The molecule has 0 bridgehead atoms. The molecule has 0 saturated heterocycles. The molecule has 8 nitrogen and oxygen atoms in total. The van der Waals surface area contributed by atoms with Crippen LogP contribution in [0.4, 0.5) is 10.9 Å². The van der Waals surface area contributed by atoms with Gasteiger partial charge in [0.1, 0.15) is 16.7 Å². The van der Waals surface area contributed by atoms with Gasteiger partial charge in [-0.1, -0.05) is 24.2 Å². The van der Waals surface area contributed by atoms with Gasteiger partial charge in [-0.05, 0) is 12.8 Å². The summed E-state index contributed by atoms with van der Waals surface area (Å²) in [4.78, 5) is 33.1. The highest BCUT2D eigenvalue weighted by Crippen LogP contribution is 2.46. The number of carbonyl (C=O) groups is 1. The van der Waals surface area contributed by atoms with Crippen molar-refractivity contribution < 1.29 is 4.79 Å². The van der Waals surface area contributed by atoms with E-state index in [-0.39, 0.29) is 11.4 Å². The summed E-state index contributed by atoms with van der Waals surface area (Å²) >= 11 is 1.37. The summed E-state index contributed by atoms with van der Waals surface area (Å²) in [6.07, 6.45) is 7.22. The Morgan fingerprint density at radius 1 is 1.22 bits per heavy atom. The second-order valence-electron chi connectivity index (χ2n) is 5.89. The summed E-state index contributed by atoms with van der Waals surface area (Å²) in [6, 6.07) is 0. The second-order valence-corrected chi connectivity index (χ2v) is 6.89. The van der Waals surface area contributed by atoms with Crippen LogP contribution in [0, 0.1) is 0 Å². The predicted molar refractivity (Wildman–Crippen MR) is 84.7 cm³/mol. The smallest absolute Gasteiger partial charge is 0.264 e. The number of thiazole rings is 1. The van der Waals surface area contributed by atoms with Gasteiger partial charge in [0, 0.05) is 0 Å². The summed E-state index contributed by atoms with van der Waals surface area (Å²) in [7, 11) is 0. The molecule has 4 heterocycles. The lowest BCUT2D eigenvalue weighted by molar-refractivity contribution is 0.0933. The van der Waals surface area contributed by atoms with Crippen molar-refractivity contribution in [3.8, 4) is 0 Å². The maximum absolute atomic E-state index is 12.3. The topological polar surface area (TPSA) is 108 Å². The maximum Gasteiger partial charge on any atom is 0.264 e. The van der Waals surface area contributed by atoms with Crippen LogP contribution in [-0.4, -0.2) is 30.8 Å². The van der Waals surface area contributed by atoms with E-state index < -0.39 is 0 Å². The monoisotopic (exact) mass is 327 g/mol. The average molecular weight is 327 g/mol. The Labute approximate surface area is 134 Å². The van der Waals surface area contributed by atoms with Gasteiger partial charge in [-0.3, -0.25) is 4.79 Å². The third kappa shape index (κ3) is 1.79. The van der Waals surface area contributed by atoms with Crippen LogP contribution >= 0.6 is 11.3 Å². The van der Waals surface area contributed by atoms with Crippen molar-refractivity contribution >= 4 is 39.4 Å². The van der Waals surface area contributed by atoms with Gasteiger partial charge in [-0.2, -0.15) is 0 Å². The van der Waals surface area contributed by atoms with Crippen LogP contribution < -0.4 is 10.6 Å². The molecule has 1 amide bonds. The molecule has 9 heteroatoms. The van der Waals surface area contributed by atoms with Crippen molar-refractivity contribution in [3.05, 3.63) is 23.2 Å². The van der Waals surface area contributed by atoms with Gasteiger partial charge in [0.25, 0.3) is 5.91 Å². The summed E-state index contributed by atoms with van der Waals surface area (Å²) in [5.41, 5.74) is 1.96. The number of hydrogen-bond acceptors (Lipinski definition) is 7. The number of carbonyl (C=O) groups excluding carboxylic acids is 1. The minimum absolute atomic E-state index is 0.0122. The van der Waals surface area contributed by atoms with Gasteiger partial charge < -0.3 is 15.6 Å². The number of aromatic nitrogens is 5. The second kappa shape index (κ2) is 4.48. The number of nitrogens with one attached hydrogen (secondary N) is 3. The molecule has 1 saturated carbocycles. The van der Waals surface area contributed by atoms with Crippen molar-refractivity contribution in [2.45, 2.75) is 31.2 Å². The fourth-order valence-corrected chi connectivity index (χ4v) is 4.45. The molecule has 5 rings (SSSR count). The number of amides is 1. The number of aromatic amines is 1. The van der Waals surface area contributed by atoms with Gasteiger partial charge in [0.15, 0.2) is 16.6 Å². The van der Waals surface area contributed by atoms with Crippen LogP contribution in [0.25, 0.3) is 11.2 Å². The highest BCUT2D eigenvalue weighted by Gasteiger charge is 2.47. The lowest BCUT2D eigenvalue weighted by Gasteiger charge is -2.22. The molecule has 23 heavy (non-hydrogen) atoms. The Morgan fingerprint density at radius 2 is 2.09 bits per heavy atom. The molecule has 1 fully saturated rings. The number of hydrogen-bond donors (Lipinski definition) is 3. The highest BCUT2D eigenvalue weighted by atomic mass is 32.1. The number of nitrogens with zero attached hydrogens (tertiary/aromatic N) is 4. The van der Waals surface area contributed by atoms with E-state index in [1.54, 1.807) is 6.33 Å². The first kappa shape index (κ1) is 12.9. The molecule has 3 aromatic heterocycles. The first-order valence-corrected chi connectivity index (χ1v) is 8.32. The molecule has 1 aliphatic carbocycles. The van der Waals surface area contributed by atoms with Crippen LogP contribution in [0.2, 0.25) is 0 Å². The maximum atomic E-state index is 12.3. The normalized spacial score (nSPS) is 18.5. The van der Waals surface area contributed by atoms with E-state index in [9.17, 15) is 4.79 Å². The third-order valence-corrected chi connectivity index (χ3v) is 5.51. The zero-order chi connectivity index (χ0) is 15.4. The minimum Gasteiger partial charge on any atom is -0.340 e. The molecule has 1 aliphatic heterocycles. The van der Waals surface area contributed by atoms with Gasteiger partial charge >= 0.3 is 0 Å². The van der Waals surface area contributed by atoms with Crippen molar-refractivity contribution in [2.24, 2.45) is 0 Å². The summed E-state index contributed by atoms with van der Waals surface area (Å²) in [5, 5.41) is 7.00. The molecule has 0 unspecified atom stereocenters. The van der Waals surface area contributed by atoms with Gasteiger partial charge in [-0.25, -0.2) is 19.9 Å². The van der Waals surface area contributed by atoms with Gasteiger partial charge in [0.2, 0.25) is 0 Å². The Bertz CT molecular complexity index is 924. The average Bonchev–Trinajstić information content (AvgIpc) is 3.28. The Balaban J connectivity index is 1.55. The Kier molecular flexibility index (Phi) is 2.52. The molecule has 3 N–H and O–H groups in total. The fraction of sp³-hybridized carbons (Fsp3) is 0.357. The lowest BCUT2D eigenvalue weighted by atomic mass is 9.96. The minimum atomic E-state index is -0.252. The zero-order valence-corrected chi connectivity index (χ0v) is 12.9. The quantitative estimate of drug-likeness (QED) is 0.665. The number of imidazole rings is 1. The van der Waals surface area contributed by atoms with Gasteiger partial charge in [0.05, 0.1) is 17.6 Å². The number of anilines is 2. The van der Waals surface area contributed by atoms with Crippen molar-refractivity contribution in [1.82, 2.24) is 30.2 Å². The molecule has 116 valence electrons. The van der Waals surface area contributed by atoms with Gasteiger partial charge in [-0.15, -0.1) is 0 Å². The van der Waals surface area contributed by atoms with E-state index in [0.717, 1.165) is 36.9 Å². The largest absolute Gasteiger partial charge is 0.340 e. The molecule has 0 atom stereocenters. The SMILES string of the molecule is O=C1NC2(CCCC2)c2nc(Nc3ncnc4nc[nH]c34)sc21. The molecule has 3 aromatic rings. The van der Waals surface area contributed by atoms with Crippen LogP contribution in [0.15, 0.2) is 12.7 Å². The van der Waals surface area contributed by atoms with Crippen molar-refractivity contribution in [3.63, 3.8) is 0 Å². The van der Waals surface area contributed by atoms with Crippen LogP contribution in [0.3, 0.4) is 0 Å². The van der Waals surface area contributed by atoms with E-state index in [1.165, 1.54) is 17.7 Å². The summed E-state index contributed by atoms with van der Waals surface area (Å²) < 4.78 is 0. The van der Waals surface area contributed by atoms with Crippen LogP contribution in [0.1, 0.15) is 41.0 Å². The molecule has 0 aromatic carbocycles. The van der Waals surface area contributed by atoms with Crippen molar-refractivity contribution in [1.29, 1.82) is 0 Å². The van der Waals surface area contributed by atoms with Crippen molar-refractivity contribution in [2.75, 3.05) is 5.32 Å². The number of H-pyrrole nitrogens is 1. The molecule has 1 spiro atoms. The summed E-state index contributed by atoms with van der Waals surface area (Å²) in [5.74, 6) is 0.600. The Morgan fingerprint density at radius 3 is 2.96 bits per heavy atom. The van der Waals surface area contributed by atoms with E-state index >= 15 is 0 Å². The molecular formula is C14H13N7OS. The predicted octanol–water partition coefficient (Wildman–Crippen LogP) is 2.07. The first-order chi connectivity index (χ1) is 11.3. The van der Waals surface area contributed by atoms with E-state index in [1.807, 2.05) is 0 Å². The van der Waals surface area contributed by atoms with E-state index in [0.29, 0.717) is 21.5 Å². The molecular weight excluding hydrogens is 314 g/mol. The standard InChI is InChI=1S/C14H13N7OS/c22-12-8-9(14(21-12)3-1-2-4-14)19-13(23-8)20-11-7-10(16-5-15-7)17-6-18-11/h5-6H,1-4H2,(H,21,22)(H2,15,16,17,18,19,20). The Hall–Kier alpha value is -2.55. The summed E-state index contributed by atoms with van der Waals surface area (Å²) in [6.45, 7) is 0. The number of rotatable bonds is 2. The first-order valence-electron chi connectivity index (χ1n) is 7.50. The zero-order valence-electron chi connectivity index (χ0n) is 12.1. The highest BCUT2D eigenvalue weighted by molar-refractivity contribution is 7.17. The van der Waals surface area contributed by atoms with Crippen LogP contribution in [0.5, 0.6) is 0 Å². The van der Waals surface area contributed by atoms with Crippen LogP contribution in [-0.2, 0) is 5.54 Å². The molecule has 2 aliphatic rings. The third-order valence-electron chi connectivity index (χ3n) is 4.54. The lowest BCUT2D eigenvalue weighted by Crippen LogP contribution is -2.37. The molecule has 0 radical (unpaired) electrons. The fourth-order valence-electron chi connectivity index (χ4n) is 3.49.